The second-order valence-corrected chi connectivity index (χ2v) is 4.92. The van der Waals surface area contributed by atoms with Gasteiger partial charge in [0.1, 0.15) is 12.2 Å². The van der Waals surface area contributed by atoms with Gasteiger partial charge in [-0.25, -0.2) is 0 Å². The molecular formula is C12H23NO5. The molecule has 106 valence electrons. The fraction of sp³-hybridized carbons (Fsp3) is 0.917. The van der Waals surface area contributed by atoms with Crippen LogP contribution in [0.15, 0.2) is 0 Å². The predicted molar refractivity (Wildman–Crippen MR) is 64.9 cm³/mol. The molecule has 0 saturated carbocycles. The Bertz CT molecular complexity index is 284. The molecule has 5 unspecified atom stereocenters. The predicted octanol–water partition coefficient (Wildman–Crippen LogP) is -0.839. The third-order valence-corrected chi connectivity index (χ3v) is 3.20. The average Bonchev–Trinajstić information content (AvgIpc) is 2.28. The highest BCUT2D eigenvalue weighted by Crippen LogP contribution is 2.22. The Morgan fingerprint density at radius 1 is 1.39 bits per heavy atom. The second-order valence-electron chi connectivity index (χ2n) is 4.92. The molecular weight excluding hydrogens is 238 g/mol. The zero-order valence-corrected chi connectivity index (χ0v) is 11.0. The zero-order chi connectivity index (χ0) is 13.9. The molecule has 18 heavy (non-hydrogen) atoms. The Hall–Kier alpha value is -0.690. The van der Waals surface area contributed by atoms with Crippen LogP contribution < -0.4 is 5.32 Å². The molecule has 1 fully saturated rings. The minimum atomic E-state index is -1.06. The Labute approximate surface area is 107 Å². The topological polar surface area (TPSA) is 99.0 Å². The molecule has 1 aliphatic heterocycles. The molecule has 1 heterocycles. The van der Waals surface area contributed by atoms with E-state index in [4.69, 9.17) is 9.84 Å². The maximum atomic E-state index is 11.6. The van der Waals surface area contributed by atoms with Crippen LogP contribution in [0.4, 0.5) is 0 Å². The fourth-order valence-electron chi connectivity index (χ4n) is 2.20. The highest BCUT2D eigenvalue weighted by Gasteiger charge is 2.42. The number of amides is 1. The van der Waals surface area contributed by atoms with E-state index in [-0.39, 0.29) is 18.4 Å². The molecule has 0 aromatic heterocycles. The lowest BCUT2D eigenvalue weighted by molar-refractivity contribution is -0.182. The van der Waals surface area contributed by atoms with Gasteiger partial charge < -0.3 is 25.4 Å². The normalized spacial score (nSPS) is 38.2. The van der Waals surface area contributed by atoms with Crippen molar-refractivity contribution in [3.8, 4) is 0 Å². The van der Waals surface area contributed by atoms with Crippen LogP contribution in [0.25, 0.3) is 0 Å². The van der Waals surface area contributed by atoms with Crippen molar-refractivity contribution >= 4 is 5.91 Å². The molecule has 0 aliphatic carbocycles. The number of hydrogen-bond acceptors (Lipinski definition) is 5. The van der Waals surface area contributed by atoms with Crippen molar-refractivity contribution in [1.82, 2.24) is 5.32 Å². The van der Waals surface area contributed by atoms with Crippen LogP contribution in [-0.2, 0) is 9.53 Å². The van der Waals surface area contributed by atoms with Crippen molar-refractivity contribution in [3.63, 3.8) is 0 Å². The lowest BCUT2D eigenvalue weighted by Crippen LogP contribution is -2.62. The van der Waals surface area contributed by atoms with E-state index in [1.807, 2.05) is 6.92 Å². The van der Waals surface area contributed by atoms with Gasteiger partial charge in [-0.15, -0.1) is 0 Å². The van der Waals surface area contributed by atoms with Crippen molar-refractivity contribution in [3.05, 3.63) is 0 Å². The van der Waals surface area contributed by atoms with Crippen LogP contribution in [-0.4, -0.2) is 57.8 Å². The van der Waals surface area contributed by atoms with Crippen LogP contribution in [0.3, 0.4) is 0 Å². The first-order valence-corrected chi connectivity index (χ1v) is 6.35. The molecule has 4 N–H and O–H groups in total. The summed E-state index contributed by atoms with van der Waals surface area (Å²) in [4.78, 5) is 11.6. The van der Waals surface area contributed by atoms with Gasteiger partial charge in [-0.3, -0.25) is 4.79 Å². The summed E-state index contributed by atoms with van der Waals surface area (Å²) in [6.07, 6.45) is -3.05. The third-order valence-electron chi connectivity index (χ3n) is 3.20. The number of aliphatic hydroxyl groups is 3. The molecule has 1 amide bonds. The molecule has 0 bridgehead atoms. The summed E-state index contributed by atoms with van der Waals surface area (Å²) in [6.45, 7) is 5.11. The van der Waals surface area contributed by atoms with Gasteiger partial charge in [0.05, 0.1) is 30.8 Å². The van der Waals surface area contributed by atoms with Crippen molar-refractivity contribution in [1.29, 1.82) is 0 Å². The number of rotatable bonds is 4. The van der Waals surface area contributed by atoms with Crippen LogP contribution in [0.2, 0.25) is 0 Å². The summed E-state index contributed by atoms with van der Waals surface area (Å²) < 4.78 is 5.55. The average molecular weight is 261 g/mol. The SMILES string of the molecule is CCC1OC(C)C(NC(=O)C[C@@H](C)O)C(O)C1O. The van der Waals surface area contributed by atoms with Crippen LogP contribution in [0.1, 0.15) is 33.6 Å². The molecule has 0 aromatic carbocycles. The molecule has 1 aliphatic rings. The van der Waals surface area contributed by atoms with Crippen LogP contribution in [0, 0.1) is 0 Å². The summed E-state index contributed by atoms with van der Waals surface area (Å²) in [5.41, 5.74) is 0. The van der Waals surface area contributed by atoms with E-state index in [1.165, 1.54) is 6.92 Å². The molecule has 1 rings (SSSR count). The summed E-state index contributed by atoms with van der Waals surface area (Å²) in [5, 5.41) is 31.5. The van der Waals surface area contributed by atoms with E-state index < -0.39 is 30.5 Å². The van der Waals surface area contributed by atoms with Crippen LogP contribution in [0.5, 0.6) is 0 Å². The standard InChI is InChI=1S/C12H23NO5/c1-4-8-11(16)12(17)10(7(3)18-8)13-9(15)5-6(2)14/h6-8,10-12,14,16-17H,4-5H2,1-3H3,(H,13,15)/t6-,7?,8?,10?,11?,12?/m1/s1. The number of aliphatic hydroxyl groups excluding tert-OH is 3. The Morgan fingerprint density at radius 2 is 2.00 bits per heavy atom. The highest BCUT2D eigenvalue weighted by molar-refractivity contribution is 5.76. The van der Waals surface area contributed by atoms with Gasteiger partial charge in [0, 0.05) is 0 Å². The third kappa shape index (κ3) is 3.65. The number of ether oxygens (including phenoxy) is 1. The molecule has 0 aromatic rings. The summed E-state index contributed by atoms with van der Waals surface area (Å²) in [5.74, 6) is -0.369. The van der Waals surface area contributed by atoms with E-state index in [0.29, 0.717) is 6.42 Å². The number of carbonyl (C=O) groups is 1. The second kappa shape index (κ2) is 6.47. The quantitative estimate of drug-likeness (QED) is 0.529. The van der Waals surface area contributed by atoms with Gasteiger partial charge in [0.2, 0.25) is 5.91 Å². The summed E-state index contributed by atoms with van der Waals surface area (Å²) in [7, 11) is 0. The molecule has 0 spiro atoms. The van der Waals surface area contributed by atoms with E-state index in [2.05, 4.69) is 5.32 Å². The molecule has 6 heteroatoms. The van der Waals surface area contributed by atoms with Gasteiger partial charge in [-0.05, 0) is 20.3 Å². The first kappa shape index (κ1) is 15.4. The first-order chi connectivity index (χ1) is 8.36. The maximum absolute atomic E-state index is 11.6. The smallest absolute Gasteiger partial charge is 0.222 e. The van der Waals surface area contributed by atoms with Gasteiger partial charge in [0.25, 0.3) is 0 Å². The Kier molecular flexibility index (Phi) is 5.52. The lowest BCUT2D eigenvalue weighted by Gasteiger charge is -2.41. The summed E-state index contributed by atoms with van der Waals surface area (Å²) in [6, 6.07) is -0.658. The Morgan fingerprint density at radius 3 is 2.50 bits per heavy atom. The van der Waals surface area contributed by atoms with E-state index in [9.17, 15) is 15.0 Å². The van der Waals surface area contributed by atoms with Crippen LogP contribution >= 0.6 is 0 Å². The van der Waals surface area contributed by atoms with Crippen molar-refractivity contribution in [2.45, 2.75) is 70.2 Å². The maximum Gasteiger partial charge on any atom is 0.222 e. The van der Waals surface area contributed by atoms with Gasteiger partial charge in [-0.1, -0.05) is 6.92 Å². The monoisotopic (exact) mass is 261 g/mol. The van der Waals surface area contributed by atoms with E-state index >= 15 is 0 Å². The van der Waals surface area contributed by atoms with Crippen molar-refractivity contribution in [2.75, 3.05) is 0 Å². The van der Waals surface area contributed by atoms with E-state index in [0.717, 1.165) is 0 Å². The molecule has 0 radical (unpaired) electrons. The van der Waals surface area contributed by atoms with Gasteiger partial charge in [-0.2, -0.15) is 0 Å². The van der Waals surface area contributed by atoms with Crippen molar-refractivity contribution in [2.24, 2.45) is 0 Å². The summed E-state index contributed by atoms with van der Waals surface area (Å²) >= 11 is 0. The first-order valence-electron chi connectivity index (χ1n) is 6.35. The van der Waals surface area contributed by atoms with Gasteiger partial charge >= 0.3 is 0 Å². The number of nitrogens with one attached hydrogen (secondary N) is 1. The molecule has 6 nitrogen and oxygen atoms in total. The lowest BCUT2D eigenvalue weighted by atomic mass is 9.92. The van der Waals surface area contributed by atoms with Crippen molar-refractivity contribution < 1.29 is 24.9 Å². The molecule has 1 saturated heterocycles. The van der Waals surface area contributed by atoms with Gasteiger partial charge in [0.15, 0.2) is 0 Å². The largest absolute Gasteiger partial charge is 0.393 e. The highest BCUT2D eigenvalue weighted by atomic mass is 16.5. The number of hydrogen-bond donors (Lipinski definition) is 4. The van der Waals surface area contributed by atoms with E-state index in [1.54, 1.807) is 6.92 Å². The fourth-order valence-corrected chi connectivity index (χ4v) is 2.20. The molecule has 6 atom stereocenters. The minimum absolute atomic E-state index is 0.0385. The number of carbonyl (C=O) groups excluding carboxylic acids is 1. The minimum Gasteiger partial charge on any atom is -0.393 e. The zero-order valence-electron chi connectivity index (χ0n) is 11.0. The Balaban J connectivity index is 2.62.